The molecule has 0 unspecified atom stereocenters. The fraction of sp³-hybridized carbons (Fsp3) is 0.300. The molecule has 0 aromatic heterocycles. The summed E-state index contributed by atoms with van der Waals surface area (Å²) >= 11 is 0. The van der Waals surface area contributed by atoms with Crippen molar-refractivity contribution in [3.63, 3.8) is 0 Å². The van der Waals surface area contributed by atoms with Crippen LogP contribution in [0.4, 0.5) is 4.39 Å². The fourth-order valence-electron chi connectivity index (χ4n) is 1.04. The standard InChI is InChI=1S/C10H12FNO2/c1-6-3-4-7(5-8(6)11)10(2,12)9(13)14/h3-5H,12H2,1-2H3,(H,13,14)/t10-/m0/s1. The minimum atomic E-state index is -1.55. The minimum Gasteiger partial charge on any atom is -0.480 e. The predicted octanol–water partition coefficient (Wildman–Crippen LogP) is 1.39. The van der Waals surface area contributed by atoms with Gasteiger partial charge in [0.1, 0.15) is 11.4 Å². The van der Waals surface area contributed by atoms with Gasteiger partial charge in [-0.05, 0) is 31.0 Å². The molecule has 0 saturated carbocycles. The van der Waals surface area contributed by atoms with Gasteiger partial charge < -0.3 is 10.8 Å². The second kappa shape index (κ2) is 3.38. The van der Waals surface area contributed by atoms with Crippen molar-refractivity contribution in [1.82, 2.24) is 0 Å². The summed E-state index contributed by atoms with van der Waals surface area (Å²) in [5.74, 6) is -1.62. The molecule has 0 amide bonds. The third kappa shape index (κ3) is 1.75. The lowest BCUT2D eigenvalue weighted by atomic mass is 9.92. The molecule has 0 spiro atoms. The Labute approximate surface area is 81.4 Å². The van der Waals surface area contributed by atoms with E-state index in [1.807, 2.05) is 0 Å². The van der Waals surface area contributed by atoms with Gasteiger partial charge in [-0.25, -0.2) is 9.18 Å². The normalized spacial score (nSPS) is 14.9. The molecular weight excluding hydrogens is 185 g/mol. The van der Waals surface area contributed by atoms with E-state index in [2.05, 4.69) is 0 Å². The van der Waals surface area contributed by atoms with E-state index in [0.29, 0.717) is 5.56 Å². The molecule has 0 heterocycles. The van der Waals surface area contributed by atoms with Gasteiger partial charge in [0.25, 0.3) is 0 Å². The lowest BCUT2D eigenvalue weighted by Crippen LogP contribution is -2.41. The number of carboxylic acids is 1. The van der Waals surface area contributed by atoms with Gasteiger partial charge in [-0.2, -0.15) is 0 Å². The fourth-order valence-corrected chi connectivity index (χ4v) is 1.04. The molecule has 0 aliphatic carbocycles. The zero-order valence-corrected chi connectivity index (χ0v) is 8.04. The van der Waals surface area contributed by atoms with Crippen LogP contribution < -0.4 is 5.73 Å². The third-order valence-corrected chi connectivity index (χ3v) is 2.22. The summed E-state index contributed by atoms with van der Waals surface area (Å²) in [7, 11) is 0. The maximum Gasteiger partial charge on any atom is 0.328 e. The number of carboxylic acid groups (broad SMARTS) is 1. The van der Waals surface area contributed by atoms with E-state index in [4.69, 9.17) is 10.8 Å². The van der Waals surface area contributed by atoms with E-state index in [0.717, 1.165) is 6.07 Å². The molecule has 0 aliphatic heterocycles. The maximum absolute atomic E-state index is 13.1. The summed E-state index contributed by atoms with van der Waals surface area (Å²) in [6.07, 6.45) is 0. The second-order valence-electron chi connectivity index (χ2n) is 3.47. The maximum atomic E-state index is 13.1. The number of aliphatic carboxylic acids is 1. The van der Waals surface area contributed by atoms with Crippen molar-refractivity contribution in [2.75, 3.05) is 0 Å². The summed E-state index contributed by atoms with van der Waals surface area (Å²) in [6.45, 7) is 2.94. The first-order valence-electron chi connectivity index (χ1n) is 4.14. The topological polar surface area (TPSA) is 63.3 Å². The van der Waals surface area contributed by atoms with Crippen molar-refractivity contribution in [3.8, 4) is 0 Å². The van der Waals surface area contributed by atoms with Gasteiger partial charge in [-0.3, -0.25) is 0 Å². The average molecular weight is 197 g/mol. The molecule has 1 atom stereocenters. The number of carbonyl (C=O) groups is 1. The largest absolute Gasteiger partial charge is 0.480 e. The van der Waals surface area contributed by atoms with Gasteiger partial charge in [0.15, 0.2) is 0 Å². The highest BCUT2D eigenvalue weighted by Gasteiger charge is 2.30. The van der Waals surface area contributed by atoms with Crippen LogP contribution in [0, 0.1) is 12.7 Å². The van der Waals surface area contributed by atoms with Crippen LogP contribution in [0.2, 0.25) is 0 Å². The lowest BCUT2D eigenvalue weighted by molar-refractivity contribution is -0.143. The Kier molecular flexibility index (Phi) is 2.57. The quantitative estimate of drug-likeness (QED) is 0.753. The molecule has 14 heavy (non-hydrogen) atoms. The lowest BCUT2D eigenvalue weighted by Gasteiger charge is -2.19. The highest BCUT2D eigenvalue weighted by Crippen LogP contribution is 2.20. The zero-order valence-electron chi connectivity index (χ0n) is 8.04. The van der Waals surface area contributed by atoms with E-state index >= 15 is 0 Å². The Bertz CT molecular complexity index is 374. The summed E-state index contributed by atoms with van der Waals surface area (Å²) in [5.41, 5.74) is 4.71. The number of hydrogen-bond acceptors (Lipinski definition) is 2. The molecule has 0 bridgehead atoms. The van der Waals surface area contributed by atoms with E-state index in [-0.39, 0.29) is 5.56 Å². The Morgan fingerprint density at radius 1 is 1.57 bits per heavy atom. The smallest absolute Gasteiger partial charge is 0.328 e. The van der Waals surface area contributed by atoms with Gasteiger partial charge >= 0.3 is 5.97 Å². The molecule has 1 aromatic carbocycles. The van der Waals surface area contributed by atoms with Crippen LogP contribution in [-0.2, 0) is 10.3 Å². The van der Waals surface area contributed by atoms with E-state index in [9.17, 15) is 9.18 Å². The van der Waals surface area contributed by atoms with Crippen molar-refractivity contribution in [1.29, 1.82) is 0 Å². The van der Waals surface area contributed by atoms with Crippen LogP contribution in [0.25, 0.3) is 0 Å². The Morgan fingerprint density at radius 3 is 2.57 bits per heavy atom. The number of hydrogen-bond donors (Lipinski definition) is 2. The monoisotopic (exact) mass is 197 g/mol. The molecule has 76 valence electrons. The zero-order chi connectivity index (χ0) is 10.9. The van der Waals surface area contributed by atoms with Crippen molar-refractivity contribution >= 4 is 5.97 Å². The van der Waals surface area contributed by atoms with Gasteiger partial charge in [0.05, 0.1) is 0 Å². The predicted molar refractivity (Wildman–Crippen MR) is 50.3 cm³/mol. The molecular formula is C10H12FNO2. The number of aryl methyl sites for hydroxylation is 1. The van der Waals surface area contributed by atoms with Crippen molar-refractivity contribution in [2.45, 2.75) is 19.4 Å². The molecule has 0 aliphatic rings. The van der Waals surface area contributed by atoms with Gasteiger partial charge in [-0.15, -0.1) is 0 Å². The molecule has 1 rings (SSSR count). The first kappa shape index (κ1) is 10.7. The van der Waals surface area contributed by atoms with E-state index < -0.39 is 17.3 Å². The van der Waals surface area contributed by atoms with E-state index in [1.54, 1.807) is 6.92 Å². The van der Waals surface area contributed by atoms with Crippen molar-refractivity contribution in [2.24, 2.45) is 5.73 Å². The molecule has 3 N–H and O–H groups in total. The van der Waals surface area contributed by atoms with Gasteiger partial charge in [0, 0.05) is 0 Å². The number of halogens is 1. The van der Waals surface area contributed by atoms with E-state index in [1.165, 1.54) is 19.1 Å². The van der Waals surface area contributed by atoms with Crippen LogP contribution in [0.5, 0.6) is 0 Å². The summed E-state index contributed by atoms with van der Waals surface area (Å²) in [6, 6.07) is 4.19. The first-order chi connectivity index (χ1) is 6.35. The van der Waals surface area contributed by atoms with Crippen LogP contribution in [0.3, 0.4) is 0 Å². The Hall–Kier alpha value is -1.42. The van der Waals surface area contributed by atoms with Crippen LogP contribution in [0.15, 0.2) is 18.2 Å². The van der Waals surface area contributed by atoms with Crippen molar-refractivity contribution in [3.05, 3.63) is 35.1 Å². The summed E-state index contributed by atoms with van der Waals surface area (Å²) in [4.78, 5) is 10.8. The molecule has 1 aromatic rings. The minimum absolute atomic E-state index is 0.258. The van der Waals surface area contributed by atoms with Gasteiger partial charge in [0.2, 0.25) is 0 Å². The summed E-state index contributed by atoms with van der Waals surface area (Å²) < 4.78 is 13.1. The Morgan fingerprint density at radius 2 is 2.14 bits per heavy atom. The van der Waals surface area contributed by atoms with Crippen LogP contribution in [-0.4, -0.2) is 11.1 Å². The average Bonchev–Trinajstić information content (AvgIpc) is 2.09. The Balaban J connectivity index is 3.21. The number of benzene rings is 1. The summed E-state index contributed by atoms with van der Waals surface area (Å²) in [5, 5.41) is 8.81. The molecule has 0 saturated heterocycles. The molecule has 0 radical (unpaired) electrons. The highest BCUT2D eigenvalue weighted by molar-refractivity contribution is 5.79. The molecule has 3 nitrogen and oxygen atoms in total. The third-order valence-electron chi connectivity index (χ3n) is 2.22. The number of rotatable bonds is 2. The SMILES string of the molecule is Cc1ccc([C@](C)(N)C(=O)O)cc1F. The second-order valence-corrected chi connectivity index (χ2v) is 3.47. The van der Waals surface area contributed by atoms with Crippen molar-refractivity contribution < 1.29 is 14.3 Å². The highest BCUT2D eigenvalue weighted by atomic mass is 19.1. The molecule has 4 heteroatoms. The van der Waals surface area contributed by atoms with Gasteiger partial charge in [-0.1, -0.05) is 12.1 Å². The van der Waals surface area contributed by atoms with Crippen LogP contribution >= 0.6 is 0 Å². The first-order valence-corrected chi connectivity index (χ1v) is 4.14. The molecule has 0 fully saturated rings. The number of nitrogens with two attached hydrogens (primary N) is 1. The van der Waals surface area contributed by atoms with Crippen LogP contribution in [0.1, 0.15) is 18.1 Å².